The van der Waals surface area contributed by atoms with Crippen LogP contribution in [0.4, 0.5) is 5.69 Å². The third kappa shape index (κ3) is 2.89. The van der Waals surface area contributed by atoms with Crippen LogP contribution in [0.1, 0.15) is 34.7 Å². The van der Waals surface area contributed by atoms with Crippen LogP contribution < -0.4 is 16.6 Å². The number of amides is 1. The Hall–Kier alpha value is -2.41. The van der Waals surface area contributed by atoms with E-state index in [4.69, 9.17) is 5.84 Å². The molecule has 1 heterocycles. The standard InChI is InChI=1S/C12H16N6O/c1-7-3-4-10(17-13)9(5-7)12(19)16-8(2)11-14-6-15-18-11/h3-6,8,17H,13H2,1-2H3,(H,16,19)(H,14,15,18). The van der Waals surface area contributed by atoms with Gasteiger partial charge in [0.25, 0.3) is 5.91 Å². The number of hydrazine groups is 1. The second-order valence-corrected chi connectivity index (χ2v) is 4.26. The second-order valence-electron chi connectivity index (χ2n) is 4.26. The average molecular weight is 260 g/mol. The quantitative estimate of drug-likeness (QED) is 0.482. The van der Waals surface area contributed by atoms with Crippen molar-refractivity contribution in [1.82, 2.24) is 20.5 Å². The van der Waals surface area contributed by atoms with E-state index in [1.165, 1.54) is 6.33 Å². The molecule has 0 spiro atoms. The first-order valence-corrected chi connectivity index (χ1v) is 5.85. The maximum atomic E-state index is 12.2. The molecule has 0 aliphatic rings. The fourth-order valence-corrected chi connectivity index (χ4v) is 1.74. The summed E-state index contributed by atoms with van der Waals surface area (Å²) in [6, 6.07) is 5.16. The van der Waals surface area contributed by atoms with Gasteiger partial charge in [-0.25, -0.2) is 4.98 Å². The van der Waals surface area contributed by atoms with Gasteiger partial charge in [0.15, 0.2) is 0 Å². The number of carbonyl (C=O) groups excluding carboxylic acids is 1. The number of aromatic amines is 1. The molecular formula is C12H16N6O. The summed E-state index contributed by atoms with van der Waals surface area (Å²) >= 11 is 0. The Labute approximate surface area is 110 Å². The van der Waals surface area contributed by atoms with Crippen LogP contribution in [0, 0.1) is 6.92 Å². The van der Waals surface area contributed by atoms with Crippen molar-refractivity contribution in [2.75, 3.05) is 5.43 Å². The van der Waals surface area contributed by atoms with E-state index in [9.17, 15) is 4.79 Å². The summed E-state index contributed by atoms with van der Waals surface area (Å²) in [5.74, 6) is 5.78. The number of nitrogens with one attached hydrogen (secondary N) is 3. The van der Waals surface area contributed by atoms with Gasteiger partial charge in [-0.15, -0.1) is 0 Å². The van der Waals surface area contributed by atoms with E-state index in [1.54, 1.807) is 12.1 Å². The van der Waals surface area contributed by atoms with E-state index in [0.717, 1.165) is 5.56 Å². The van der Waals surface area contributed by atoms with Crippen molar-refractivity contribution in [3.05, 3.63) is 41.5 Å². The summed E-state index contributed by atoms with van der Waals surface area (Å²) in [7, 11) is 0. The third-order valence-electron chi connectivity index (χ3n) is 2.77. The van der Waals surface area contributed by atoms with Crippen LogP contribution >= 0.6 is 0 Å². The number of nitrogens with two attached hydrogens (primary N) is 1. The summed E-state index contributed by atoms with van der Waals surface area (Å²) in [5.41, 5.74) is 4.57. The van der Waals surface area contributed by atoms with Gasteiger partial charge >= 0.3 is 0 Å². The maximum absolute atomic E-state index is 12.2. The minimum absolute atomic E-state index is 0.222. The minimum Gasteiger partial charge on any atom is -0.342 e. The fraction of sp³-hybridized carbons (Fsp3) is 0.250. The van der Waals surface area contributed by atoms with E-state index in [1.807, 2.05) is 19.9 Å². The number of carbonyl (C=O) groups is 1. The molecule has 7 heteroatoms. The Morgan fingerprint density at radius 1 is 1.47 bits per heavy atom. The lowest BCUT2D eigenvalue weighted by atomic mass is 10.1. The fourth-order valence-electron chi connectivity index (χ4n) is 1.74. The zero-order valence-electron chi connectivity index (χ0n) is 10.8. The van der Waals surface area contributed by atoms with Crippen LogP contribution in [-0.2, 0) is 0 Å². The summed E-state index contributed by atoms with van der Waals surface area (Å²) < 4.78 is 0. The predicted molar refractivity (Wildman–Crippen MR) is 71.3 cm³/mol. The summed E-state index contributed by atoms with van der Waals surface area (Å²) in [6.07, 6.45) is 1.40. The molecule has 1 amide bonds. The summed E-state index contributed by atoms with van der Waals surface area (Å²) in [6.45, 7) is 3.74. The lowest BCUT2D eigenvalue weighted by Crippen LogP contribution is -2.28. The largest absolute Gasteiger partial charge is 0.342 e. The molecule has 2 aromatic rings. The third-order valence-corrected chi connectivity index (χ3v) is 2.77. The summed E-state index contributed by atoms with van der Waals surface area (Å²) in [5, 5.41) is 9.30. The molecular weight excluding hydrogens is 244 g/mol. The number of anilines is 1. The van der Waals surface area contributed by atoms with E-state index < -0.39 is 0 Å². The van der Waals surface area contributed by atoms with E-state index in [0.29, 0.717) is 17.1 Å². The Bertz CT molecular complexity index is 566. The van der Waals surface area contributed by atoms with Crippen LogP contribution in [0.5, 0.6) is 0 Å². The van der Waals surface area contributed by atoms with Crippen molar-refractivity contribution in [2.24, 2.45) is 5.84 Å². The first kappa shape index (κ1) is 13.0. The van der Waals surface area contributed by atoms with Crippen molar-refractivity contribution in [1.29, 1.82) is 0 Å². The number of benzene rings is 1. The molecule has 0 saturated carbocycles. The predicted octanol–water partition coefficient (Wildman–Crippen LogP) is 0.890. The van der Waals surface area contributed by atoms with Crippen molar-refractivity contribution in [3.8, 4) is 0 Å². The van der Waals surface area contributed by atoms with Crippen molar-refractivity contribution in [2.45, 2.75) is 19.9 Å². The van der Waals surface area contributed by atoms with Gasteiger partial charge in [-0.3, -0.25) is 15.7 Å². The topological polar surface area (TPSA) is 109 Å². The van der Waals surface area contributed by atoms with Gasteiger partial charge in [-0.1, -0.05) is 11.6 Å². The monoisotopic (exact) mass is 260 g/mol. The number of hydrogen-bond donors (Lipinski definition) is 4. The number of nitrogens with zero attached hydrogens (tertiary/aromatic N) is 2. The van der Waals surface area contributed by atoms with Gasteiger partial charge < -0.3 is 10.7 Å². The second kappa shape index (κ2) is 5.49. The molecule has 0 aliphatic heterocycles. The van der Waals surface area contributed by atoms with Gasteiger partial charge in [-0.2, -0.15) is 5.10 Å². The van der Waals surface area contributed by atoms with Crippen molar-refractivity contribution in [3.63, 3.8) is 0 Å². The molecule has 0 radical (unpaired) electrons. The number of rotatable bonds is 4. The molecule has 5 N–H and O–H groups in total. The van der Waals surface area contributed by atoms with Crippen LogP contribution in [0.3, 0.4) is 0 Å². The number of aromatic nitrogens is 3. The van der Waals surface area contributed by atoms with Crippen LogP contribution in [0.25, 0.3) is 0 Å². The number of aryl methyl sites for hydroxylation is 1. The molecule has 0 saturated heterocycles. The highest BCUT2D eigenvalue weighted by molar-refractivity contribution is 5.99. The first-order chi connectivity index (χ1) is 9.11. The molecule has 1 aromatic heterocycles. The Balaban J connectivity index is 2.18. The van der Waals surface area contributed by atoms with Gasteiger partial charge in [0, 0.05) is 0 Å². The normalized spacial score (nSPS) is 11.9. The molecule has 0 bridgehead atoms. The number of hydrogen-bond acceptors (Lipinski definition) is 5. The zero-order chi connectivity index (χ0) is 13.8. The average Bonchev–Trinajstić information content (AvgIpc) is 2.92. The smallest absolute Gasteiger partial charge is 0.254 e. The maximum Gasteiger partial charge on any atom is 0.254 e. The molecule has 1 aromatic carbocycles. The lowest BCUT2D eigenvalue weighted by molar-refractivity contribution is 0.0939. The molecule has 1 atom stereocenters. The van der Waals surface area contributed by atoms with Gasteiger partial charge in [0.2, 0.25) is 0 Å². The Kier molecular flexibility index (Phi) is 3.76. The highest BCUT2D eigenvalue weighted by atomic mass is 16.1. The molecule has 100 valence electrons. The minimum atomic E-state index is -0.263. The van der Waals surface area contributed by atoms with Gasteiger partial charge in [0.05, 0.1) is 17.3 Å². The van der Waals surface area contributed by atoms with Gasteiger partial charge in [-0.05, 0) is 26.0 Å². The SMILES string of the molecule is Cc1ccc(NN)c(C(=O)NC(C)c2ncn[nH]2)c1. The number of nitrogen functional groups attached to an aromatic ring is 1. The summed E-state index contributed by atoms with van der Waals surface area (Å²) in [4.78, 5) is 16.2. The Morgan fingerprint density at radius 3 is 2.89 bits per heavy atom. The van der Waals surface area contributed by atoms with Crippen LogP contribution in [0.15, 0.2) is 24.5 Å². The molecule has 0 fully saturated rings. The first-order valence-electron chi connectivity index (χ1n) is 5.85. The van der Waals surface area contributed by atoms with Crippen LogP contribution in [-0.4, -0.2) is 21.1 Å². The Morgan fingerprint density at radius 2 is 2.26 bits per heavy atom. The molecule has 1 unspecified atom stereocenters. The van der Waals surface area contributed by atoms with Crippen LogP contribution in [0.2, 0.25) is 0 Å². The number of H-pyrrole nitrogens is 1. The van der Waals surface area contributed by atoms with E-state index in [2.05, 4.69) is 25.9 Å². The zero-order valence-corrected chi connectivity index (χ0v) is 10.8. The van der Waals surface area contributed by atoms with Crippen molar-refractivity contribution >= 4 is 11.6 Å². The van der Waals surface area contributed by atoms with E-state index >= 15 is 0 Å². The molecule has 0 aliphatic carbocycles. The molecule has 2 rings (SSSR count). The van der Waals surface area contributed by atoms with E-state index in [-0.39, 0.29) is 11.9 Å². The lowest BCUT2D eigenvalue weighted by Gasteiger charge is -2.14. The van der Waals surface area contributed by atoms with Gasteiger partial charge in [0.1, 0.15) is 12.2 Å². The molecule has 7 nitrogen and oxygen atoms in total. The van der Waals surface area contributed by atoms with Crippen molar-refractivity contribution < 1.29 is 4.79 Å². The highest BCUT2D eigenvalue weighted by Gasteiger charge is 2.16. The highest BCUT2D eigenvalue weighted by Crippen LogP contribution is 2.17. The molecule has 19 heavy (non-hydrogen) atoms.